The maximum Gasteiger partial charge on any atom is 0.335 e. The summed E-state index contributed by atoms with van der Waals surface area (Å²) in [6, 6.07) is 18.9. The molecule has 4 N–H and O–H groups in total. The molecule has 32 heavy (non-hydrogen) atoms. The number of amides is 1. The second-order valence-electron chi connectivity index (χ2n) is 6.65. The van der Waals surface area contributed by atoms with E-state index in [4.69, 9.17) is 10.8 Å². The third-order valence-corrected chi connectivity index (χ3v) is 5.60. The number of nitrogens with one attached hydrogen (secondary N) is 1. The highest BCUT2D eigenvalue weighted by Gasteiger charge is 2.24. The molecule has 1 aromatic heterocycles. The van der Waals surface area contributed by atoms with Gasteiger partial charge in [-0.25, -0.2) is 9.78 Å². The molecule has 1 atom stereocenters. The first-order valence-electron chi connectivity index (χ1n) is 9.35. The van der Waals surface area contributed by atoms with E-state index in [0.717, 1.165) is 11.8 Å². The lowest BCUT2D eigenvalue weighted by Crippen LogP contribution is -2.23. The molecule has 0 fully saturated rings. The fourth-order valence-corrected chi connectivity index (χ4v) is 3.89. The van der Waals surface area contributed by atoms with Crippen LogP contribution in [0.15, 0.2) is 59.6 Å². The van der Waals surface area contributed by atoms with Crippen LogP contribution in [0.2, 0.25) is 0 Å². The lowest BCUT2D eigenvalue weighted by atomic mass is 9.97. The van der Waals surface area contributed by atoms with Crippen molar-refractivity contribution in [2.24, 2.45) is 0 Å². The van der Waals surface area contributed by atoms with Gasteiger partial charge in [0.2, 0.25) is 5.91 Å². The Kier molecular flexibility index (Phi) is 6.74. The van der Waals surface area contributed by atoms with Gasteiger partial charge in [0.1, 0.15) is 28.5 Å². The Morgan fingerprint density at radius 1 is 1.09 bits per heavy atom. The van der Waals surface area contributed by atoms with Gasteiger partial charge in [0, 0.05) is 11.3 Å². The van der Waals surface area contributed by atoms with Crippen LogP contribution < -0.4 is 11.1 Å². The van der Waals surface area contributed by atoms with E-state index in [9.17, 15) is 20.1 Å². The molecular weight excluding hydrogens is 426 g/mol. The Labute approximate surface area is 188 Å². The summed E-state index contributed by atoms with van der Waals surface area (Å²) in [5, 5.41) is 30.7. The number of benzene rings is 2. The van der Waals surface area contributed by atoms with Crippen molar-refractivity contribution in [1.29, 1.82) is 10.5 Å². The Morgan fingerprint density at radius 2 is 1.78 bits per heavy atom. The number of hydrogen-bond donors (Lipinski definition) is 3. The van der Waals surface area contributed by atoms with Crippen LogP contribution in [0.3, 0.4) is 0 Å². The number of pyridine rings is 1. The van der Waals surface area contributed by atoms with E-state index in [0.29, 0.717) is 16.8 Å². The predicted molar refractivity (Wildman–Crippen MR) is 121 cm³/mol. The van der Waals surface area contributed by atoms with Gasteiger partial charge in [-0.2, -0.15) is 10.5 Å². The number of rotatable bonds is 6. The van der Waals surface area contributed by atoms with E-state index in [2.05, 4.69) is 16.4 Å². The maximum atomic E-state index is 12.7. The first kappa shape index (κ1) is 22.3. The van der Waals surface area contributed by atoms with Crippen LogP contribution in [-0.4, -0.2) is 27.2 Å². The first-order valence-corrected chi connectivity index (χ1v) is 10.2. The number of anilines is 2. The van der Waals surface area contributed by atoms with E-state index in [1.54, 1.807) is 37.3 Å². The van der Waals surface area contributed by atoms with Crippen molar-refractivity contribution in [3.8, 4) is 23.3 Å². The number of nitriles is 2. The molecule has 0 aliphatic rings. The quantitative estimate of drug-likeness (QED) is 0.485. The Bertz CT molecular complexity index is 1280. The number of carbonyl (C=O) groups is 2. The monoisotopic (exact) mass is 443 g/mol. The molecule has 2 aromatic carbocycles. The molecule has 8 nitrogen and oxygen atoms in total. The molecule has 0 saturated heterocycles. The van der Waals surface area contributed by atoms with Crippen molar-refractivity contribution in [1.82, 2.24) is 4.98 Å². The summed E-state index contributed by atoms with van der Waals surface area (Å²) in [4.78, 5) is 28.0. The normalized spacial score (nSPS) is 11.1. The van der Waals surface area contributed by atoms with Crippen molar-refractivity contribution in [2.45, 2.75) is 17.2 Å². The number of nitrogens with zero attached hydrogens (tertiary/aromatic N) is 3. The number of nitrogens with two attached hydrogens (primary N) is 1. The summed E-state index contributed by atoms with van der Waals surface area (Å²) >= 11 is 1.02. The number of carboxylic acids is 1. The standard InChI is InChI=1S/C23H17N5O3S/c1-13(21(29)27-16-9-5-8-15(10-16)23(30)31)32-22-18(12-25)19(14-6-3-2-4-7-14)17(11-24)20(26)28-22/h2-10,13H,1H3,(H2,26,28)(H,27,29)(H,30,31). The summed E-state index contributed by atoms with van der Waals surface area (Å²) < 4.78 is 0. The zero-order valence-electron chi connectivity index (χ0n) is 16.9. The molecular formula is C23H17N5O3S. The zero-order chi connectivity index (χ0) is 23.3. The van der Waals surface area contributed by atoms with Crippen LogP contribution >= 0.6 is 11.8 Å². The molecule has 0 radical (unpaired) electrons. The molecule has 1 unspecified atom stereocenters. The van der Waals surface area contributed by atoms with Gasteiger partial charge in [0.05, 0.1) is 16.4 Å². The third kappa shape index (κ3) is 4.69. The first-order chi connectivity index (χ1) is 15.3. The van der Waals surface area contributed by atoms with Crippen LogP contribution in [0.5, 0.6) is 0 Å². The SMILES string of the molecule is CC(Sc1nc(N)c(C#N)c(-c2ccccc2)c1C#N)C(=O)Nc1cccc(C(=O)O)c1. The van der Waals surface area contributed by atoms with E-state index in [1.807, 2.05) is 12.1 Å². The third-order valence-electron chi connectivity index (χ3n) is 4.51. The van der Waals surface area contributed by atoms with Crippen LogP contribution in [-0.2, 0) is 4.79 Å². The number of carboxylic acid groups (broad SMARTS) is 1. The second-order valence-corrected chi connectivity index (χ2v) is 7.98. The molecule has 1 heterocycles. The van der Waals surface area contributed by atoms with E-state index < -0.39 is 17.1 Å². The average Bonchev–Trinajstić information content (AvgIpc) is 2.79. The van der Waals surface area contributed by atoms with Gasteiger partial charge in [-0.05, 0) is 30.7 Å². The molecule has 1 amide bonds. The van der Waals surface area contributed by atoms with Crippen LogP contribution in [0.4, 0.5) is 11.5 Å². The maximum absolute atomic E-state index is 12.7. The zero-order valence-corrected chi connectivity index (χ0v) is 17.7. The Morgan fingerprint density at radius 3 is 2.41 bits per heavy atom. The fraction of sp³-hybridized carbons (Fsp3) is 0.0870. The van der Waals surface area contributed by atoms with Gasteiger partial charge in [-0.15, -0.1) is 0 Å². The number of thioether (sulfide) groups is 1. The molecule has 158 valence electrons. The van der Waals surface area contributed by atoms with E-state index in [1.165, 1.54) is 18.2 Å². The predicted octanol–water partition coefficient (Wildman–Crippen LogP) is 3.89. The highest BCUT2D eigenvalue weighted by Crippen LogP contribution is 2.37. The van der Waals surface area contributed by atoms with Crippen molar-refractivity contribution in [3.63, 3.8) is 0 Å². The minimum atomic E-state index is -1.10. The Balaban J connectivity index is 1.93. The minimum Gasteiger partial charge on any atom is -0.478 e. The summed E-state index contributed by atoms with van der Waals surface area (Å²) in [6.07, 6.45) is 0. The van der Waals surface area contributed by atoms with Gasteiger partial charge in [-0.1, -0.05) is 48.2 Å². The van der Waals surface area contributed by atoms with Crippen molar-refractivity contribution in [3.05, 3.63) is 71.3 Å². The van der Waals surface area contributed by atoms with Gasteiger partial charge in [0.25, 0.3) is 0 Å². The van der Waals surface area contributed by atoms with Crippen LogP contribution in [0, 0.1) is 22.7 Å². The summed E-state index contributed by atoms with van der Waals surface area (Å²) in [5.41, 5.74) is 7.64. The minimum absolute atomic E-state index is 0.0328. The van der Waals surface area contributed by atoms with Crippen molar-refractivity contribution < 1.29 is 14.7 Å². The highest BCUT2D eigenvalue weighted by atomic mass is 32.2. The van der Waals surface area contributed by atoms with Gasteiger partial charge in [-0.3, -0.25) is 4.79 Å². The molecule has 3 rings (SSSR count). The largest absolute Gasteiger partial charge is 0.478 e. The lowest BCUT2D eigenvalue weighted by Gasteiger charge is -2.16. The molecule has 0 aliphatic heterocycles. The molecule has 0 bridgehead atoms. The molecule has 3 aromatic rings. The second kappa shape index (κ2) is 9.65. The van der Waals surface area contributed by atoms with Gasteiger partial charge in [0.15, 0.2) is 0 Å². The van der Waals surface area contributed by atoms with E-state index in [-0.39, 0.29) is 27.5 Å². The molecule has 0 aliphatic carbocycles. The lowest BCUT2D eigenvalue weighted by molar-refractivity contribution is -0.115. The molecule has 0 saturated carbocycles. The van der Waals surface area contributed by atoms with Crippen LogP contribution in [0.25, 0.3) is 11.1 Å². The topological polar surface area (TPSA) is 153 Å². The smallest absolute Gasteiger partial charge is 0.335 e. The summed E-state index contributed by atoms with van der Waals surface area (Å²) in [7, 11) is 0. The average molecular weight is 443 g/mol. The number of hydrogen-bond acceptors (Lipinski definition) is 7. The summed E-state index contributed by atoms with van der Waals surface area (Å²) in [6.45, 7) is 1.63. The van der Waals surface area contributed by atoms with Gasteiger partial charge < -0.3 is 16.2 Å². The van der Waals surface area contributed by atoms with Crippen molar-refractivity contribution >= 4 is 35.1 Å². The molecule has 9 heteroatoms. The number of carbonyl (C=O) groups excluding carboxylic acids is 1. The number of aromatic nitrogens is 1. The van der Waals surface area contributed by atoms with Gasteiger partial charge >= 0.3 is 5.97 Å². The highest BCUT2D eigenvalue weighted by molar-refractivity contribution is 8.00. The number of aromatic carboxylic acids is 1. The number of nitrogen functional groups attached to an aromatic ring is 1. The fourth-order valence-electron chi connectivity index (χ4n) is 2.97. The summed E-state index contributed by atoms with van der Waals surface area (Å²) in [5.74, 6) is -1.55. The van der Waals surface area contributed by atoms with E-state index >= 15 is 0 Å². The van der Waals surface area contributed by atoms with Crippen LogP contribution in [0.1, 0.15) is 28.4 Å². The van der Waals surface area contributed by atoms with Crippen molar-refractivity contribution in [2.75, 3.05) is 11.1 Å². The molecule has 0 spiro atoms. The Hall–Kier alpha value is -4.34.